The topological polar surface area (TPSA) is 58.3 Å². The van der Waals surface area contributed by atoms with Gasteiger partial charge in [0.25, 0.3) is 0 Å². The van der Waals surface area contributed by atoms with Crippen molar-refractivity contribution in [3.8, 4) is 0 Å². The molecule has 0 radical (unpaired) electrons. The molecule has 1 heterocycles. The summed E-state index contributed by atoms with van der Waals surface area (Å²) in [6, 6.07) is 9.03. The summed E-state index contributed by atoms with van der Waals surface area (Å²) in [7, 11) is -1.43. The number of hydrogen-bond donors (Lipinski definition) is 2. The maximum atomic E-state index is 9.16. The molecule has 0 amide bonds. The van der Waals surface area contributed by atoms with Crippen molar-refractivity contribution < 1.29 is 10.0 Å². The molecule has 2 aromatic rings. The fourth-order valence-electron chi connectivity index (χ4n) is 1.50. The third kappa shape index (κ3) is 2.26. The molecule has 76 valence electrons. The third-order valence-corrected chi connectivity index (χ3v) is 2.22. The van der Waals surface area contributed by atoms with Crippen LogP contribution < -0.4 is 5.46 Å². The summed E-state index contributed by atoms with van der Waals surface area (Å²) < 4.78 is 1.74. The minimum Gasteiger partial charge on any atom is -0.423 e. The second-order valence-electron chi connectivity index (χ2n) is 3.28. The summed E-state index contributed by atoms with van der Waals surface area (Å²) in [5, 5.41) is 22.4. The van der Waals surface area contributed by atoms with Gasteiger partial charge < -0.3 is 10.0 Å². The quantitative estimate of drug-likeness (QED) is 0.666. The van der Waals surface area contributed by atoms with Crippen molar-refractivity contribution in [2.24, 2.45) is 0 Å². The molecule has 0 atom stereocenters. The van der Waals surface area contributed by atoms with Gasteiger partial charge in [-0.15, -0.1) is 0 Å². The Morgan fingerprint density at radius 3 is 2.67 bits per heavy atom. The van der Waals surface area contributed by atoms with Crippen molar-refractivity contribution >= 4 is 12.6 Å². The van der Waals surface area contributed by atoms with Gasteiger partial charge in [0.05, 0.1) is 6.54 Å². The molecule has 0 unspecified atom stereocenters. The molecule has 4 nitrogen and oxygen atoms in total. The largest absolute Gasteiger partial charge is 0.488 e. The van der Waals surface area contributed by atoms with Crippen LogP contribution in [0.15, 0.2) is 42.7 Å². The highest BCUT2D eigenvalue weighted by Crippen LogP contribution is 2.00. The lowest BCUT2D eigenvalue weighted by atomic mass is 9.77. The van der Waals surface area contributed by atoms with Crippen molar-refractivity contribution in [3.05, 3.63) is 48.3 Å². The summed E-state index contributed by atoms with van der Waals surface area (Å²) in [5.74, 6) is 0. The van der Waals surface area contributed by atoms with Gasteiger partial charge in [0.1, 0.15) is 0 Å². The molecule has 0 bridgehead atoms. The fraction of sp³-hybridized carbons (Fsp3) is 0.100. The van der Waals surface area contributed by atoms with Crippen LogP contribution in [0, 0.1) is 0 Å². The Labute approximate surface area is 87.9 Å². The Morgan fingerprint density at radius 1 is 1.20 bits per heavy atom. The van der Waals surface area contributed by atoms with E-state index in [1.165, 1.54) is 0 Å². The second-order valence-corrected chi connectivity index (χ2v) is 3.28. The maximum Gasteiger partial charge on any atom is 0.488 e. The molecule has 15 heavy (non-hydrogen) atoms. The predicted octanol–water partition coefficient (Wildman–Crippen LogP) is -0.389. The highest BCUT2D eigenvalue weighted by atomic mass is 16.4. The average Bonchev–Trinajstić information content (AvgIpc) is 2.71. The molecule has 0 aliphatic carbocycles. The molecule has 0 aliphatic heterocycles. The van der Waals surface area contributed by atoms with Crippen molar-refractivity contribution in [1.82, 2.24) is 9.78 Å². The lowest BCUT2D eigenvalue weighted by molar-refractivity contribution is 0.425. The highest BCUT2D eigenvalue weighted by Gasteiger charge is 2.14. The van der Waals surface area contributed by atoms with Gasteiger partial charge >= 0.3 is 7.12 Å². The van der Waals surface area contributed by atoms with Crippen molar-refractivity contribution in [2.75, 3.05) is 0 Å². The van der Waals surface area contributed by atoms with Crippen LogP contribution in [-0.4, -0.2) is 26.9 Å². The molecule has 5 heteroatoms. The summed E-state index contributed by atoms with van der Waals surface area (Å²) in [4.78, 5) is 0. The lowest BCUT2D eigenvalue weighted by Crippen LogP contribution is -2.33. The van der Waals surface area contributed by atoms with Crippen LogP contribution in [0.2, 0.25) is 0 Å². The maximum absolute atomic E-state index is 9.16. The van der Waals surface area contributed by atoms with Gasteiger partial charge in [-0.3, -0.25) is 4.68 Å². The molecule has 1 aromatic heterocycles. The first-order valence-electron chi connectivity index (χ1n) is 4.69. The Bertz CT molecular complexity index is 429. The van der Waals surface area contributed by atoms with Crippen LogP contribution in [0.4, 0.5) is 0 Å². The third-order valence-electron chi connectivity index (χ3n) is 2.22. The Kier molecular flexibility index (Phi) is 2.85. The molecule has 2 rings (SSSR count). The van der Waals surface area contributed by atoms with Crippen LogP contribution in [0.1, 0.15) is 5.56 Å². The Balaban J connectivity index is 2.28. The summed E-state index contributed by atoms with van der Waals surface area (Å²) >= 11 is 0. The Hall–Kier alpha value is -1.59. The van der Waals surface area contributed by atoms with E-state index in [-0.39, 0.29) is 0 Å². The standard InChI is InChI=1S/C10H11BN2O2/c14-11(15)10-5-2-1-4-9(10)8-13-7-3-6-12-13/h1-7,14-15H,8H2. The number of aromatic nitrogens is 2. The zero-order chi connectivity index (χ0) is 10.7. The minimum absolute atomic E-state index is 0.521. The number of benzene rings is 1. The van der Waals surface area contributed by atoms with Gasteiger partial charge in [-0.05, 0) is 17.1 Å². The van der Waals surface area contributed by atoms with Crippen LogP contribution in [0.3, 0.4) is 0 Å². The van der Waals surface area contributed by atoms with E-state index in [1.54, 1.807) is 23.0 Å². The Morgan fingerprint density at radius 2 is 2.00 bits per heavy atom. The number of hydrogen-bond acceptors (Lipinski definition) is 3. The molecular weight excluding hydrogens is 191 g/mol. The van der Waals surface area contributed by atoms with Crippen molar-refractivity contribution in [3.63, 3.8) is 0 Å². The highest BCUT2D eigenvalue weighted by molar-refractivity contribution is 6.59. The molecule has 2 N–H and O–H groups in total. The van der Waals surface area contributed by atoms with Crippen molar-refractivity contribution in [2.45, 2.75) is 6.54 Å². The second kappa shape index (κ2) is 4.29. The van der Waals surface area contributed by atoms with E-state index in [0.717, 1.165) is 5.56 Å². The van der Waals surface area contributed by atoms with Crippen LogP contribution in [0.5, 0.6) is 0 Å². The van der Waals surface area contributed by atoms with Crippen molar-refractivity contribution in [1.29, 1.82) is 0 Å². The van der Waals surface area contributed by atoms with Gasteiger partial charge in [0, 0.05) is 12.4 Å². The number of nitrogens with zero attached hydrogens (tertiary/aromatic N) is 2. The van der Waals surface area contributed by atoms with E-state index in [2.05, 4.69) is 5.10 Å². The molecule has 0 spiro atoms. The first-order valence-corrected chi connectivity index (χ1v) is 4.69. The summed E-state index contributed by atoms with van der Waals surface area (Å²) in [5.41, 5.74) is 1.38. The molecular formula is C10H11BN2O2. The average molecular weight is 202 g/mol. The first kappa shape index (κ1) is 9.95. The normalized spacial score (nSPS) is 10.3. The van der Waals surface area contributed by atoms with Crippen LogP contribution in [-0.2, 0) is 6.54 Å². The zero-order valence-electron chi connectivity index (χ0n) is 8.11. The van der Waals surface area contributed by atoms with Gasteiger partial charge in [-0.2, -0.15) is 5.10 Å². The molecule has 0 aliphatic rings. The van der Waals surface area contributed by atoms with Gasteiger partial charge in [-0.1, -0.05) is 24.3 Å². The zero-order valence-corrected chi connectivity index (χ0v) is 8.11. The smallest absolute Gasteiger partial charge is 0.423 e. The molecule has 0 fully saturated rings. The van der Waals surface area contributed by atoms with Crippen LogP contribution >= 0.6 is 0 Å². The predicted molar refractivity (Wildman–Crippen MR) is 57.6 cm³/mol. The van der Waals surface area contributed by atoms with E-state index in [0.29, 0.717) is 12.0 Å². The molecule has 0 saturated heterocycles. The first-order chi connectivity index (χ1) is 7.27. The SMILES string of the molecule is OB(O)c1ccccc1Cn1cccn1. The fourth-order valence-corrected chi connectivity index (χ4v) is 1.50. The molecule has 0 saturated carbocycles. The monoisotopic (exact) mass is 202 g/mol. The summed E-state index contributed by atoms with van der Waals surface area (Å²) in [6.45, 7) is 0.542. The summed E-state index contributed by atoms with van der Waals surface area (Å²) in [6.07, 6.45) is 3.53. The van der Waals surface area contributed by atoms with Gasteiger partial charge in [-0.25, -0.2) is 0 Å². The van der Waals surface area contributed by atoms with E-state index >= 15 is 0 Å². The van der Waals surface area contributed by atoms with E-state index in [9.17, 15) is 0 Å². The minimum atomic E-state index is -1.43. The van der Waals surface area contributed by atoms with E-state index < -0.39 is 7.12 Å². The number of rotatable bonds is 3. The van der Waals surface area contributed by atoms with E-state index in [1.807, 2.05) is 24.4 Å². The lowest BCUT2D eigenvalue weighted by Gasteiger charge is -2.08. The van der Waals surface area contributed by atoms with Gasteiger partial charge in [0.2, 0.25) is 0 Å². The molecule has 1 aromatic carbocycles. The van der Waals surface area contributed by atoms with Gasteiger partial charge in [0.15, 0.2) is 0 Å². The van der Waals surface area contributed by atoms with E-state index in [4.69, 9.17) is 10.0 Å². The van der Waals surface area contributed by atoms with Crippen LogP contribution in [0.25, 0.3) is 0 Å².